The minimum Gasteiger partial charge on any atom is -0.481 e. The molecule has 1 rings (SSSR count). The molecule has 0 spiro atoms. The zero-order chi connectivity index (χ0) is 12.1. The summed E-state index contributed by atoms with van der Waals surface area (Å²) in [7, 11) is 0. The lowest BCUT2D eigenvalue weighted by molar-refractivity contribution is -0.127. The number of carbonyl (C=O) groups excluding carboxylic acids is 1. The summed E-state index contributed by atoms with van der Waals surface area (Å²) in [6.45, 7) is 5.90. The lowest BCUT2D eigenvalue weighted by atomic mass is 10.0. The number of benzene rings is 1. The number of nitrogens with one attached hydrogen (secondary N) is 1. The Morgan fingerprint density at radius 3 is 2.25 bits per heavy atom. The summed E-state index contributed by atoms with van der Waals surface area (Å²) >= 11 is 0. The lowest BCUT2D eigenvalue weighted by Crippen LogP contribution is -2.40. The van der Waals surface area contributed by atoms with Crippen molar-refractivity contribution in [1.29, 1.82) is 0 Å². The van der Waals surface area contributed by atoms with Gasteiger partial charge in [0.05, 0.1) is 0 Å². The number of hydrogen-bond donors (Lipinski definition) is 2. The van der Waals surface area contributed by atoms with Crippen LogP contribution in [0.5, 0.6) is 5.75 Å². The number of amides is 1. The van der Waals surface area contributed by atoms with Gasteiger partial charge < -0.3 is 4.74 Å². The van der Waals surface area contributed by atoms with Crippen molar-refractivity contribution < 1.29 is 9.53 Å². The van der Waals surface area contributed by atoms with E-state index in [1.165, 1.54) is 5.56 Å². The predicted molar refractivity (Wildman–Crippen MR) is 63.0 cm³/mol. The number of ether oxygens (including phenoxy) is 1. The van der Waals surface area contributed by atoms with Gasteiger partial charge in [-0.2, -0.15) is 0 Å². The molecule has 0 aliphatic carbocycles. The topological polar surface area (TPSA) is 64.3 Å². The van der Waals surface area contributed by atoms with Crippen molar-refractivity contribution in [3.05, 3.63) is 29.8 Å². The van der Waals surface area contributed by atoms with E-state index in [-0.39, 0.29) is 5.91 Å². The Morgan fingerprint density at radius 1 is 1.25 bits per heavy atom. The van der Waals surface area contributed by atoms with Gasteiger partial charge in [-0.25, -0.2) is 5.84 Å². The van der Waals surface area contributed by atoms with Gasteiger partial charge in [0.25, 0.3) is 5.91 Å². The molecular weight excluding hydrogens is 204 g/mol. The van der Waals surface area contributed by atoms with Gasteiger partial charge in [0.2, 0.25) is 0 Å². The van der Waals surface area contributed by atoms with Gasteiger partial charge >= 0.3 is 0 Å². The minimum absolute atomic E-state index is 0.340. The van der Waals surface area contributed by atoms with E-state index in [0.29, 0.717) is 11.7 Å². The summed E-state index contributed by atoms with van der Waals surface area (Å²) in [4.78, 5) is 11.1. The Bertz CT molecular complexity index is 347. The van der Waals surface area contributed by atoms with Crippen LogP contribution in [0.2, 0.25) is 0 Å². The molecule has 0 bridgehead atoms. The second-order valence-corrected chi connectivity index (χ2v) is 3.99. The standard InChI is InChI=1S/C12H18N2O2/c1-8(2)10-4-6-11(7-5-10)16-9(3)12(15)14-13/h4-9H,13H2,1-3H3,(H,14,15)/t9-/m0/s1. The van der Waals surface area contributed by atoms with E-state index in [9.17, 15) is 4.79 Å². The number of hydrogen-bond acceptors (Lipinski definition) is 3. The summed E-state index contributed by atoms with van der Waals surface area (Å²) in [5.74, 6) is 5.82. The molecule has 4 nitrogen and oxygen atoms in total. The van der Waals surface area contributed by atoms with Crippen LogP contribution in [-0.2, 0) is 4.79 Å². The summed E-state index contributed by atoms with van der Waals surface area (Å²) in [5, 5.41) is 0. The highest BCUT2D eigenvalue weighted by molar-refractivity contribution is 5.80. The average molecular weight is 222 g/mol. The first-order chi connectivity index (χ1) is 7.54. The Kier molecular flexibility index (Phi) is 4.31. The lowest BCUT2D eigenvalue weighted by Gasteiger charge is -2.13. The molecule has 0 heterocycles. The Morgan fingerprint density at radius 2 is 1.81 bits per heavy atom. The van der Waals surface area contributed by atoms with E-state index in [2.05, 4.69) is 19.3 Å². The molecule has 0 fully saturated rings. The minimum atomic E-state index is -0.588. The van der Waals surface area contributed by atoms with Crippen molar-refractivity contribution in [2.24, 2.45) is 5.84 Å². The summed E-state index contributed by atoms with van der Waals surface area (Å²) < 4.78 is 5.41. The fourth-order valence-electron chi connectivity index (χ4n) is 1.31. The van der Waals surface area contributed by atoms with Crippen molar-refractivity contribution in [3.8, 4) is 5.75 Å². The van der Waals surface area contributed by atoms with Crippen LogP contribution in [0, 0.1) is 0 Å². The van der Waals surface area contributed by atoms with Crippen LogP contribution in [0.15, 0.2) is 24.3 Å². The molecule has 0 aliphatic rings. The third-order valence-corrected chi connectivity index (χ3v) is 2.37. The second kappa shape index (κ2) is 5.51. The Labute approximate surface area is 95.8 Å². The van der Waals surface area contributed by atoms with Crippen LogP contribution >= 0.6 is 0 Å². The van der Waals surface area contributed by atoms with Crippen LogP contribution in [0.1, 0.15) is 32.3 Å². The molecule has 1 atom stereocenters. The van der Waals surface area contributed by atoms with Gasteiger partial charge in [-0.05, 0) is 30.5 Å². The Hall–Kier alpha value is -1.55. The molecule has 0 saturated carbocycles. The zero-order valence-electron chi connectivity index (χ0n) is 9.86. The number of rotatable bonds is 4. The molecule has 16 heavy (non-hydrogen) atoms. The van der Waals surface area contributed by atoms with Crippen molar-refractivity contribution in [2.75, 3.05) is 0 Å². The smallest absolute Gasteiger partial charge is 0.274 e. The highest BCUT2D eigenvalue weighted by Gasteiger charge is 2.12. The molecule has 0 unspecified atom stereocenters. The van der Waals surface area contributed by atoms with Crippen LogP contribution < -0.4 is 16.0 Å². The maximum absolute atomic E-state index is 11.1. The summed E-state index contributed by atoms with van der Waals surface area (Å²) in [6, 6.07) is 7.70. The second-order valence-electron chi connectivity index (χ2n) is 3.99. The van der Waals surface area contributed by atoms with E-state index in [4.69, 9.17) is 10.6 Å². The SMILES string of the molecule is CC(C)c1ccc(O[C@@H](C)C(=O)NN)cc1. The third kappa shape index (κ3) is 3.24. The van der Waals surface area contributed by atoms with Gasteiger partial charge in [0.1, 0.15) is 5.75 Å². The van der Waals surface area contributed by atoms with E-state index in [1.807, 2.05) is 24.3 Å². The largest absolute Gasteiger partial charge is 0.481 e. The van der Waals surface area contributed by atoms with Gasteiger partial charge in [0, 0.05) is 0 Å². The van der Waals surface area contributed by atoms with Crippen molar-refractivity contribution in [2.45, 2.75) is 32.8 Å². The highest BCUT2D eigenvalue weighted by Crippen LogP contribution is 2.19. The molecule has 3 N–H and O–H groups in total. The molecule has 4 heteroatoms. The zero-order valence-corrected chi connectivity index (χ0v) is 9.86. The molecular formula is C12H18N2O2. The van der Waals surface area contributed by atoms with Crippen LogP contribution in [-0.4, -0.2) is 12.0 Å². The van der Waals surface area contributed by atoms with Gasteiger partial charge in [-0.1, -0.05) is 26.0 Å². The first-order valence-electron chi connectivity index (χ1n) is 5.31. The molecule has 1 amide bonds. The molecule has 0 aromatic heterocycles. The van der Waals surface area contributed by atoms with E-state index in [0.717, 1.165) is 0 Å². The molecule has 1 aromatic rings. The monoisotopic (exact) mass is 222 g/mol. The quantitative estimate of drug-likeness (QED) is 0.461. The number of carbonyl (C=O) groups is 1. The predicted octanol–water partition coefficient (Wildman–Crippen LogP) is 1.57. The molecule has 0 radical (unpaired) electrons. The maximum atomic E-state index is 11.1. The third-order valence-electron chi connectivity index (χ3n) is 2.37. The van der Waals surface area contributed by atoms with E-state index >= 15 is 0 Å². The van der Waals surface area contributed by atoms with Crippen LogP contribution in [0.25, 0.3) is 0 Å². The van der Waals surface area contributed by atoms with Crippen molar-refractivity contribution in [1.82, 2.24) is 5.43 Å². The fraction of sp³-hybridized carbons (Fsp3) is 0.417. The molecule has 0 saturated heterocycles. The van der Waals surface area contributed by atoms with Gasteiger partial charge in [-0.3, -0.25) is 10.2 Å². The van der Waals surface area contributed by atoms with Crippen molar-refractivity contribution >= 4 is 5.91 Å². The first-order valence-corrected chi connectivity index (χ1v) is 5.31. The summed E-state index contributed by atoms with van der Waals surface area (Å²) in [6.07, 6.45) is -0.588. The van der Waals surface area contributed by atoms with Gasteiger partial charge in [0.15, 0.2) is 6.10 Å². The van der Waals surface area contributed by atoms with Crippen molar-refractivity contribution in [3.63, 3.8) is 0 Å². The number of hydrazine groups is 1. The normalized spacial score (nSPS) is 12.3. The molecule has 1 aromatic carbocycles. The number of nitrogens with two attached hydrogens (primary N) is 1. The molecule has 88 valence electrons. The van der Waals surface area contributed by atoms with E-state index < -0.39 is 6.10 Å². The highest BCUT2D eigenvalue weighted by atomic mass is 16.5. The van der Waals surface area contributed by atoms with E-state index in [1.54, 1.807) is 6.92 Å². The maximum Gasteiger partial charge on any atom is 0.274 e. The fourth-order valence-corrected chi connectivity index (χ4v) is 1.31. The van der Waals surface area contributed by atoms with Crippen LogP contribution in [0.3, 0.4) is 0 Å². The van der Waals surface area contributed by atoms with Gasteiger partial charge in [-0.15, -0.1) is 0 Å². The summed E-state index contributed by atoms with van der Waals surface area (Å²) in [5.41, 5.74) is 3.29. The molecule has 0 aliphatic heterocycles. The Balaban J connectivity index is 2.65. The van der Waals surface area contributed by atoms with Crippen LogP contribution in [0.4, 0.5) is 0 Å². The average Bonchev–Trinajstić information content (AvgIpc) is 2.28. The first kappa shape index (κ1) is 12.5.